The number of carbonyl (C=O) groups excluding carboxylic acids is 2. The molecule has 0 aromatic heterocycles. The summed E-state index contributed by atoms with van der Waals surface area (Å²) in [5.74, 6) is 0.795. The molecular formula is C17H22N4O4S2. The minimum Gasteiger partial charge on any atom is -0.325 e. The van der Waals surface area contributed by atoms with Crippen LogP contribution in [0.25, 0.3) is 0 Å². The third-order valence-corrected chi connectivity index (χ3v) is 6.50. The molecule has 10 heteroatoms. The number of aliphatic imine (C=N–C) groups is 1. The molecule has 8 nitrogen and oxygen atoms in total. The number of hydrogen-bond acceptors (Lipinski definition) is 6. The van der Waals surface area contributed by atoms with Crippen LogP contribution in [0.5, 0.6) is 0 Å². The predicted molar refractivity (Wildman–Crippen MR) is 106 cm³/mol. The van der Waals surface area contributed by atoms with E-state index in [1.807, 2.05) is 0 Å². The minimum atomic E-state index is -3.77. The van der Waals surface area contributed by atoms with Crippen molar-refractivity contribution in [3.05, 3.63) is 24.3 Å². The first kappa shape index (κ1) is 19.7. The van der Waals surface area contributed by atoms with E-state index in [9.17, 15) is 18.0 Å². The van der Waals surface area contributed by atoms with Crippen LogP contribution < -0.4 is 10.0 Å². The lowest BCUT2D eigenvalue weighted by molar-refractivity contribution is -0.116. The van der Waals surface area contributed by atoms with Gasteiger partial charge in [0.1, 0.15) is 12.4 Å². The van der Waals surface area contributed by atoms with Gasteiger partial charge in [-0.05, 0) is 31.0 Å². The summed E-state index contributed by atoms with van der Waals surface area (Å²) >= 11 is 1.19. The Kier molecular flexibility index (Phi) is 6.38. The van der Waals surface area contributed by atoms with E-state index in [1.54, 1.807) is 12.1 Å². The molecule has 146 valence electrons. The number of benzene rings is 1. The first-order valence-corrected chi connectivity index (χ1v) is 11.3. The average molecular weight is 411 g/mol. The molecule has 1 saturated heterocycles. The normalized spacial score (nSPS) is 18.0. The Morgan fingerprint density at radius 1 is 1.26 bits per heavy atom. The van der Waals surface area contributed by atoms with E-state index >= 15 is 0 Å². The highest BCUT2D eigenvalue weighted by Crippen LogP contribution is 2.19. The van der Waals surface area contributed by atoms with Crippen LogP contribution in [0, 0.1) is 0 Å². The lowest BCUT2D eigenvalue weighted by Crippen LogP contribution is -2.33. The monoisotopic (exact) mass is 410 g/mol. The second-order valence-corrected chi connectivity index (χ2v) is 9.09. The Bertz CT molecular complexity index is 854. The molecule has 0 aliphatic carbocycles. The number of amides is 2. The number of carbonyl (C=O) groups is 2. The van der Waals surface area contributed by atoms with Crippen molar-refractivity contribution in [3.8, 4) is 0 Å². The highest BCUT2D eigenvalue weighted by molar-refractivity contribution is 8.13. The Balaban J connectivity index is 1.66. The number of sulfonamides is 1. The molecule has 2 heterocycles. The first-order chi connectivity index (χ1) is 12.9. The van der Waals surface area contributed by atoms with Gasteiger partial charge in [0.25, 0.3) is 15.3 Å². The van der Waals surface area contributed by atoms with Gasteiger partial charge in [0.05, 0.1) is 4.90 Å². The zero-order valence-electron chi connectivity index (χ0n) is 14.8. The number of nitrogens with zero attached hydrogens (tertiary/aromatic N) is 2. The van der Waals surface area contributed by atoms with Crippen molar-refractivity contribution in [2.45, 2.75) is 30.6 Å². The van der Waals surface area contributed by atoms with Crippen LogP contribution in [0.2, 0.25) is 0 Å². The van der Waals surface area contributed by atoms with Crippen molar-refractivity contribution < 1.29 is 18.0 Å². The predicted octanol–water partition coefficient (Wildman–Crippen LogP) is 2.04. The van der Waals surface area contributed by atoms with E-state index in [2.05, 4.69) is 15.0 Å². The summed E-state index contributed by atoms with van der Waals surface area (Å²) < 4.78 is 27.8. The number of rotatable bonds is 5. The van der Waals surface area contributed by atoms with E-state index in [0.717, 1.165) is 19.3 Å². The molecule has 0 bridgehead atoms. The van der Waals surface area contributed by atoms with Gasteiger partial charge < -0.3 is 10.2 Å². The molecule has 0 spiro atoms. The van der Waals surface area contributed by atoms with Gasteiger partial charge in [-0.1, -0.05) is 24.2 Å². The van der Waals surface area contributed by atoms with Crippen LogP contribution in [0.15, 0.2) is 34.2 Å². The minimum absolute atomic E-state index is 0.0438. The molecule has 1 fully saturated rings. The number of hydrogen-bond donors (Lipinski definition) is 2. The molecule has 1 aromatic carbocycles. The van der Waals surface area contributed by atoms with Gasteiger partial charge in [0, 0.05) is 31.0 Å². The molecule has 2 amide bonds. The summed E-state index contributed by atoms with van der Waals surface area (Å²) in [6.45, 7) is 1.12. The van der Waals surface area contributed by atoms with Crippen LogP contribution in [-0.4, -0.2) is 55.7 Å². The molecule has 2 N–H and O–H groups in total. The zero-order chi connectivity index (χ0) is 19.3. The molecule has 3 rings (SSSR count). The van der Waals surface area contributed by atoms with Crippen molar-refractivity contribution in [2.24, 2.45) is 4.99 Å². The van der Waals surface area contributed by atoms with Crippen LogP contribution in [0.1, 0.15) is 25.7 Å². The fraction of sp³-hybridized carbons (Fsp3) is 0.471. The molecule has 0 radical (unpaired) electrons. The molecule has 0 atom stereocenters. The van der Waals surface area contributed by atoms with Crippen LogP contribution in [-0.2, 0) is 14.8 Å². The molecule has 1 aromatic rings. The standard InChI is InChI=1S/C17H22N4O4S2/c22-16(12-21-9-10-26-17(21)23)19-13-5-4-6-14(11-13)27(24,25)20-15-7-2-1-3-8-18-15/h4-6,11H,1-3,7-10,12H2,(H,18,20)(H,19,22). The van der Waals surface area contributed by atoms with Gasteiger partial charge in [-0.3, -0.25) is 19.3 Å². The summed E-state index contributed by atoms with van der Waals surface area (Å²) in [5.41, 5.74) is 0.366. The van der Waals surface area contributed by atoms with Gasteiger partial charge in [0.2, 0.25) is 5.91 Å². The zero-order valence-corrected chi connectivity index (χ0v) is 16.4. The number of nitrogens with one attached hydrogen (secondary N) is 2. The molecule has 27 heavy (non-hydrogen) atoms. The Morgan fingerprint density at radius 3 is 2.89 bits per heavy atom. The van der Waals surface area contributed by atoms with Crippen LogP contribution >= 0.6 is 11.8 Å². The maximum atomic E-state index is 12.6. The van der Waals surface area contributed by atoms with E-state index < -0.39 is 10.0 Å². The van der Waals surface area contributed by atoms with Gasteiger partial charge >= 0.3 is 0 Å². The number of amidine groups is 1. The number of thioether (sulfide) groups is 1. The highest BCUT2D eigenvalue weighted by atomic mass is 32.2. The van der Waals surface area contributed by atoms with Crippen LogP contribution in [0.4, 0.5) is 10.5 Å². The van der Waals surface area contributed by atoms with E-state index in [-0.39, 0.29) is 22.6 Å². The third-order valence-electron chi connectivity index (χ3n) is 4.23. The SMILES string of the molecule is O=C(CN1CCSC1=O)Nc1cccc(S(=O)(=O)NC2=NCCCCC2)c1. The topological polar surface area (TPSA) is 108 Å². The summed E-state index contributed by atoms with van der Waals surface area (Å²) in [6.07, 6.45) is 3.52. The van der Waals surface area contributed by atoms with Crippen molar-refractivity contribution in [2.75, 3.05) is 30.7 Å². The first-order valence-electron chi connectivity index (χ1n) is 8.82. The van der Waals surface area contributed by atoms with E-state index in [1.165, 1.54) is 28.8 Å². The highest BCUT2D eigenvalue weighted by Gasteiger charge is 2.23. The van der Waals surface area contributed by atoms with E-state index in [0.29, 0.717) is 36.8 Å². The van der Waals surface area contributed by atoms with Crippen molar-refractivity contribution >= 4 is 44.5 Å². The van der Waals surface area contributed by atoms with Gasteiger partial charge in [-0.2, -0.15) is 0 Å². The maximum Gasteiger partial charge on any atom is 0.282 e. The largest absolute Gasteiger partial charge is 0.325 e. The molecule has 0 saturated carbocycles. The number of anilines is 1. The molecule has 2 aliphatic heterocycles. The van der Waals surface area contributed by atoms with Gasteiger partial charge in [0.15, 0.2) is 0 Å². The summed E-state index contributed by atoms with van der Waals surface area (Å²) in [7, 11) is -3.77. The van der Waals surface area contributed by atoms with Crippen LogP contribution in [0.3, 0.4) is 0 Å². The summed E-state index contributed by atoms with van der Waals surface area (Å²) in [6, 6.07) is 6.05. The summed E-state index contributed by atoms with van der Waals surface area (Å²) in [4.78, 5) is 29.5. The third kappa shape index (κ3) is 5.46. The van der Waals surface area contributed by atoms with Crippen molar-refractivity contribution in [1.82, 2.24) is 9.62 Å². The maximum absolute atomic E-state index is 12.6. The quantitative estimate of drug-likeness (QED) is 0.772. The fourth-order valence-electron chi connectivity index (χ4n) is 2.86. The van der Waals surface area contributed by atoms with Crippen molar-refractivity contribution in [3.63, 3.8) is 0 Å². The lowest BCUT2D eigenvalue weighted by atomic mass is 10.2. The smallest absolute Gasteiger partial charge is 0.282 e. The Hall–Kier alpha value is -2.07. The fourth-order valence-corrected chi connectivity index (χ4v) is 4.81. The van der Waals surface area contributed by atoms with E-state index in [4.69, 9.17) is 0 Å². The Labute approximate surface area is 162 Å². The van der Waals surface area contributed by atoms with Crippen molar-refractivity contribution in [1.29, 1.82) is 0 Å². The van der Waals surface area contributed by atoms with Gasteiger partial charge in [-0.15, -0.1) is 0 Å². The second-order valence-electron chi connectivity index (χ2n) is 6.36. The average Bonchev–Trinajstić information content (AvgIpc) is 2.86. The molecule has 0 unspecified atom stereocenters. The molecular weight excluding hydrogens is 388 g/mol. The Morgan fingerprint density at radius 2 is 2.11 bits per heavy atom. The van der Waals surface area contributed by atoms with Gasteiger partial charge in [-0.25, -0.2) is 8.42 Å². The lowest BCUT2D eigenvalue weighted by Gasteiger charge is -2.15. The summed E-state index contributed by atoms with van der Waals surface area (Å²) in [5, 5.41) is 2.54. The second kappa shape index (κ2) is 8.75. The molecule has 2 aliphatic rings.